The van der Waals surface area contributed by atoms with Gasteiger partial charge in [0.25, 0.3) is 0 Å². The molecule has 0 aromatic rings. The van der Waals surface area contributed by atoms with Crippen molar-refractivity contribution in [1.82, 2.24) is 0 Å². The van der Waals surface area contributed by atoms with Gasteiger partial charge >= 0.3 is 33.5 Å². The number of allylic oxidation sites excluding steroid dienone is 2. The molecule has 0 aromatic carbocycles. The molecule has 8 heteroatoms. The van der Waals surface area contributed by atoms with Crippen LogP contribution in [0.2, 0.25) is 0 Å². The first kappa shape index (κ1) is 58.2. The van der Waals surface area contributed by atoms with Crippen LogP contribution in [0.4, 0.5) is 0 Å². The molecule has 0 heterocycles. The number of carboxylic acids is 1. The van der Waals surface area contributed by atoms with Gasteiger partial charge in [0.2, 0.25) is 0 Å². The Morgan fingerprint density at radius 1 is 0.614 bits per heavy atom. The van der Waals surface area contributed by atoms with Crippen LogP contribution in [0, 0.1) is 30.1 Å². The van der Waals surface area contributed by atoms with Crippen LogP contribution in [-0.4, -0.2) is 34.2 Å². The van der Waals surface area contributed by atoms with Gasteiger partial charge in [0, 0.05) is 6.42 Å². The molecule has 0 saturated heterocycles. The molecule has 0 aliphatic carbocycles. The van der Waals surface area contributed by atoms with Crippen LogP contribution in [0.3, 0.4) is 0 Å². The summed E-state index contributed by atoms with van der Waals surface area (Å²) < 4.78 is 8.34. The summed E-state index contributed by atoms with van der Waals surface area (Å²) in [4.78, 5) is 29.8. The van der Waals surface area contributed by atoms with Crippen LogP contribution in [0.1, 0.15) is 159 Å². The van der Waals surface area contributed by atoms with E-state index in [1.165, 1.54) is 57.1 Å². The Hall–Kier alpha value is -1.37. The van der Waals surface area contributed by atoms with Gasteiger partial charge in [0.15, 0.2) is 0 Å². The number of aliphatic carboxylic acids is 1. The van der Waals surface area contributed by atoms with Gasteiger partial charge in [-0.1, -0.05) is 114 Å². The van der Waals surface area contributed by atoms with Crippen LogP contribution in [-0.2, 0) is 41.9 Å². The van der Waals surface area contributed by atoms with Gasteiger partial charge in [0.1, 0.15) is 0 Å². The van der Waals surface area contributed by atoms with E-state index < -0.39 is 5.97 Å². The number of hydrogen-bond donors (Lipinski definition) is 3. The number of carbonyl (C=O) groups is 1. The van der Waals surface area contributed by atoms with Gasteiger partial charge in [-0.05, 0) is 41.9 Å². The minimum atomic E-state index is -0.675. The van der Waals surface area contributed by atoms with Gasteiger partial charge in [-0.3, -0.25) is 27.9 Å². The molecule has 0 fully saturated rings. The average molecular weight is 706 g/mol. The van der Waals surface area contributed by atoms with E-state index in [4.69, 9.17) is 18.4 Å². The molecule has 0 aliphatic heterocycles. The second-order valence-electron chi connectivity index (χ2n) is 13.6. The fraction of sp³-hybridized carbons (Fsp3) is 0.750. The van der Waals surface area contributed by atoms with Crippen molar-refractivity contribution in [3.63, 3.8) is 0 Å². The molecule has 7 nitrogen and oxygen atoms in total. The first-order chi connectivity index (χ1) is 20.4. The summed E-state index contributed by atoms with van der Waals surface area (Å²) in [5.74, 6) is -0.675. The molecule has 0 atom stereocenters. The molecule has 0 aliphatic rings. The molecule has 44 heavy (non-hydrogen) atoms. The summed E-state index contributed by atoms with van der Waals surface area (Å²) >= 11 is 0.300. The van der Waals surface area contributed by atoms with Crippen molar-refractivity contribution < 1.29 is 57.5 Å². The third-order valence-corrected chi connectivity index (χ3v) is 5.23. The zero-order valence-corrected chi connectivity index (χ0v) is 32.5. The van der Waals surface area contributed by atoms with E-state index in [0.29, 0.717) is 60.2 Å². The van der Waals surface area contributed by atoms with Crippen molar-refractivity contribution in [2.24, 2.45) is 16.2 Å². The van der Waals surface area contributed by atoms with Crippen LogP contribution in [0.25, 0.3) is 0 Å². The summed E-state index contributed by atoms with van der Waals surface area (Å²) in [5, 5.41) is 20.4. The predicted octanol–water partition coefficient (Wildman–Crippen LogP) is 11.2. The Morgan fingerprint density at radius 3 is 1.02 bits per heavy atom. The third kappa shape index (κ3) is 114. The molecule has 0 amide bonds. The maximum atomic E-state index is 10.2. The van der Waals surface area contributed by atoms with E-state index in [1.54, 1.807) is 0 Å². The number of carbonyl (C=O) groups excluding carboxylic acids is 2. The normalized spacial score (nSPS) is 9.68. The van der Waals surface area contributed by atoms with Crippen molar-refractivity contribution >= 4 is 18.5 Å². The first-order valence-corrected chi connectivity index (χ1v) is 16.5. The standard InChI is InChI=1S/C10H20O2.2C10H19O.2C3H5.H2O2.O.Zr/c1-10(2,3)8-6-4-5-7-9(11)12;2*1-10(2,3)8-6-4-5-7-9-11;2*1-3-2;1-2;;/h4-8H2,1-3H3,(H,11,12);2*4-8H2,1-3H3;2*3H,1-2H2;1-2H;;/q;4*-1;;;. The quantitative estimate of drug-likeness (QED) is 0.0669. The fourth-order valence-electron chi connectivity index (χ4n) is 3.17. The summed E-state index contributed by atoms with van der Waals surface area (Å²) in [6.45, 7) is 33.1. The Bertz CT molecular complexity index is 553. The van der Waals surface area contributed by atoms with E-state index in [0.717, 1.165) is 32.1 Å². The molecule has 0 aromatic heterocycles. The van der Waals surface area contributed by atoms with Gasteiger partial charge in [-0.2, -0.15) is 12.8 Å². The van der Waals surface area contributed by atoms with Crippen molar-refractivity contribution in [3.8, 4) is 0 Å². The SMILES string of the molecule is C=C[CH2-].C=C[CH2-].CC(C)(C)CCCCCC(=O)O.CC(C)(C)CCCCC[C-]=O.CC(C)(C)CCCCC[C-]=O.OO.[O]=[Zr]. The Morgan fingerprint density at radius 2 is 0.841 bits per heavy atom. The predicted molar refractivity (Wildman–Crippen MR) is 184 cm³/mol. The van der Waals surface area contributed by atoms with Gasteiger partial charge < -0.3 is 14.7 Å². The molecule has 0 rings (SSSR count). The summed E-state index contributed by atoms with van der Waals surface area (Å²) in [6, 6.07) is 0. The van der Waals surface area contributed by atoms with Crippen molar-refractivity contribution in [3.05, 3.63) is 39.2 Å². The average Bonchev–Trinajstić information content (AvgIpc) is 2.90. The Labute approximate surface area is 289 Å². The van der Waals surface area contributed by atoms with Gasteiger partial charge in [-0.25, -0.2) is 39.2 Å². The maximum absolute atomic E-state index is 10.2. The second-order valence-corrected chi connectivity index (χ2v) is 13.6. The second kappa shape index (κ2) is 46.1. The number of rotatable bonds is 15. The van der Waals surface area contributed by atoms with E-state index in [-0.39, 0.29) is 0 Å². The van der Waals surface area contributed by atoms with Crippen LogP contribution in [0.15, 0.2) is 25.3 Å². The Kier molecular flexibility index (Phi) is 60.9. The molecule has 0 bridgehead atoms. The molecule has 3 N–H and O–H groups in total. The minimum absolute atomic E-state index is 0.300. The monoisotopic (exact) mass is 704 g/mol. The van der Waals surface area contributed by atoms with Crippen molar-refractivity contribution in [1.29, 1.82) is 0 Å². The van der Waals surface area contributed by atoms with Crippen LogP contribution >= 0.6 is 0 Å². The summed E-state index contributed by atoms with van der Waals surface area (Å²) in [5.41, 5.74) is 1.29. The molecule has 0 unspecified atom stereocenters. The number of carboxylic acid groups (broad SMARTS) is 1. The molecule has 0 radical (unpaired) electrons. The summed E-state index contributed by atoms with van der Waals surface area (Å²) in [7, 11) is 0. The molecular formula is C36H70O7Zr-4. The third-order valence-electron chi connectivity index (χ3n) is 5.23. The zero-order chi connectivity index (χ0) is 36.5. The van der Waals surface area contributed by atoms with E-state index >= 15 is 0 Å². The molecule has 0 saturated carbocycles. The van der Waals surface area contributed by atoms with Crippen molar-refractivity contribution in [2.75, 3.05) is 0 Å². The molecule has 0 spiro atoms. The molecule has 264 valence electrons. The van der Waals surface area contributed by atoms with E-state index in [1.807, 2.05) is 12.6 Å². The summed E-state index contributed by atoms with van der Waals surface area (Å²) in [6.07, 6.45) is 22.0. The van der Waals surface area contributed by atoms with Gasteiger partial charge in [-0.15, -0.1) is 0 Å². The van der Waals surface area contributed by atoms with Crippen LogP contribution < -0.4 is 0 Å². The topological polar surface area (TPSA) is 129 Å². The van der Waals surface area contributed by atoms with E-state index in [9.17, 15) is 14.4 Å². The van der Waals surface area contributed by atoms with Gasteiger partial charge in [0.05, 0.1) is 0 Å². The zero-order valence-electron chi connectivity index (χ0n) is 30.1. The number of unbranched alkanes of at least 4 members (excludes halogenated alkanes) is 8. The van der Waals surface area contributed by atoms with E-state index in [2.05, 4.69) is 89.3 Å². The first-order valence-electron chi connectivity index (χ1n) is 15.5. The molecular weight excluding hydrogens is 636 g/mol. The van der Waals surface area contributed by atoms with Crippen molar-refractivity contribution in [2.45, 2.75) is 159 Å². The number of hydrogen-bond acceptors (Lipinski definition) is 6. The van der Waals surface area contributed by atoms with Crippen LogP contribution in [0.5, 0.6) is 0 Å². The fourth-order valence-corrected chi connectivity index (χ4v) is 3.17. The Balaban J connectivity index is -0.0000000810.